The van der Waals surface area contributed by atoms with Crippen molar-refractivity contribution in [2.45, 2.75) is 25.4 Å². The minimum atomic E-state index is -0.827. The number of imide groups is 1. The van der Waals surface area contributed by atoms with Crippen LogP contribution in [-0.2, 0) is 4.79 Å². The maximum absolute atomic E-state index is 11.4. The minimum absolute atomic E-state index is 0.202. The van der Waals surface area contributed by atoms with E-state index in [1.165, 1.54) is 17.3 Å². The maximum atomic E-state index is 11.4. The van der Waals surface area contributed by atoms with Gasteiger partial charge in [0.05, 0.1) is 5.69 Å². The van der Waals surface area contributed by atoms with Gasteiger partial charge in [0.25, 0.3) is 0 Å². The molecule has 0 bridgehead atoms. The molecule has 0 fully saturated rings. The van der Waals surface area contributed by atoms with Crippen LogP contribution < -0.4 is 11.1 Å². The van der Waals surface area contributed by atoms with Gasteiger partial charge in [-0.2, -0.15) is 0 Å². The molecular weight excluding hydrogens is 300 g/mol. The van der Waals surface area contributed by atoms with E-state index >= 15 is 0 Å². The third kappa shape index (κ3) is 4.11. The summed E-state index contributed by atoms with van der Waals surface area (Å²) in [6, 6.07) is 5.39. The Hall–Kier alpha value is -2.28. The second kappa shape index (κ2) is 7.13. The van der Waals surface area contributed by atoms with Crippen molar-refractivity contribution < 1.29 is 9.59 Å². The van der Waals surface area contributed by atoms with Gasteiger partial charge in [0, 0.05) is 24.6 Å². The molecule has 0 aliphatic heterocycles. The van der Waals surface area contributed by atoms with E-state index in [1.807, 2.05) is 16.1 Å². The number of nitrogens with one attached hydrogen (secondary N) is 1. The first kappa shape index (κ1) is 16.1. The fraction of sp³-hybridized carbons (Fsp3) is 0.267. The van der Waals surface area contributed by atoms with Gasteiger partial charge in [0.1, 0.15) is 0 Å². The number of urea groups is 1. The molecule has 22 heavy (non-hydrogen) atoms. The number of hydrogen-bond acceptors (Lipinski definition) is 4. The van der Waals surface area contributed by atoms with Crippen molar-refractivity contribution in [1.29, 1.82) is 0 Å². The number of aromatic nitrogens is 2. The first-order valence-electron chi connectivity index (χ1n) is 6.80. The quantitative estimate of drug-likeness (QED) is 0.827. The van der Waals surface area contributed by atoms with Crippen LogP contribution in [0.5, 0.6) is 0 Å². The zero-order chi connectivity index (χ0) is 16.1. The number of aryl methyl sites for hydroxylation is 2. The number of carbonyl (C=O) groups excluding carboxylic acids is 2. The van der Waals surface area contributed by atoms with Crippen LogP contribution in [0.4, 0.5) is 4.79 Å². The highest BCUT2D eigenvalue weighted by Crippen LogP contribution is 2.23. The zero-order valence-corrected chi connectivity index (χ0v) is 13.3. The summed E-state index contributed by atoms with van der Waals surface area (Å²) in [7, 11) is 0. The predicted molar refractivity (Wildman–Crippen MR) is 86.1 cm³/mol. The Balaban J connectivity index is 2.04. The van der Waals surface area contributed by atoms with Crippen molar-refractivity contribution in [3.63, 3.8) is 0 Å². The first-order valence-corrected chi connectivity index (χ1v) is 7.79. The number of nitrogens with zero attached hydrogens (tertiary/aromatic N) is 2. The monoisotopic (exact) mass is 318 g/mol. The lowest BCUT2D eigenvalue weighted by Gasteiger charge is -2.11. The smallest absolute Gasteiger partial charge is 0.318 e. The molecule has 1 aromatic heterocycles. The molecule has 6 nitrogen and oxygen atoms in total. The summed E-state index contributed by atoms with van der Waals surface area (Å²) in [6.07, 6.45) is 3.82. The van der Waals surface area contributed by atoms with Gasteiger partial charge in [-0.25, -0.2) is 9.78 Å². The van der Waals surface area contributed by atoms with E-state index in [9.17, 15) is 9.59 Å². The molecule has 2 rings (SSSR count). The summed E-state index contributed by atoms with van der Waals surface area (Å²) in [4.78, 5) is 26.3. The van der Waals surface area contributed by atoms with E-state index in [-0.39, 0.29) is 12.3 Å². The average molecular weight is 318 g/mol. The van der Waals surface area contributed by atoms with E-state index in [0.29, 0.717) is 5.75 Å². The van der Waals surface area contributed by atoms with Crippen LogP contribution in [0.2, 0.25) is 0 Å². The summed E-state index contributed by atoms with van der Waals surface area (Å²) in [5.74, 6) is 0.130. The molecule has 116 valence electrons. The SMILES string of the molecule is Cc1ccc(-n2ccnc2SCCC(=O)NC(N)=O)c(C)c1. The Labute approximate surface area is 133 Å². The first-order chi connectivity index (χ1) is 10.5. The average Bonchev–Trinajstić information content (AvgIpc) is 2.86. The molecule has 0 spiro atoms. The Bertz CT molecular complexity index is 697. The Kier molecular flexibility index (Phi) is 5.21. The van der Waals surface area contributed by atoms with Crippen molar-refractivity contribution in [3.05, 3.63) is 41.7 Å². The van der Waals surface area contributed by atoms with Gasteiger partial charge >= 0.3 is 6.03 Å². The lowest BCUT2D eigenvalue weighted by atomic mass is 10.1. The van der Waals surface area contributed by atoms with Crippen LogP contribution in [0.15, 0.2) is 35.7 Å². The standard InChI is InChI=1S/C15H18N4O2S/c1-10-3-4-12(11(2)9-10)19-7-6-17-15(19)22-8-5-13(20)18-14(16)21/h3-4,6-7,9H,5,8H2,1-2H3,(H3,16,18,20,21). The van der Waals surface area contributed by atoms with Gasteiger partial charge < -0.3 is 5.73 Å². The third-order valence-corrected chi connectivity index (χ3v) is 4.01. The molecule has 1 heterocycles. The van der Waals surface area contributed by atoms with E-state index in [0.717, 1.165) is 16.4 Å². The predicted octanol–water partition coefficient (Wildman–Crippen LogP) is 2.17. The normalized spacial score (nSPS) is 10.5. The van der Waals surface area contributed by atoms with Crippen LogP contribution in [0.1, 0.15) is 17.5 Å². The second-order valence-corrected chi connectivity index (χ2v) is 5.94. The molecule has 0 unspecified atom stereocenters. The van der Waals surface area contributed by atoms with Gasteiger partial charge in [-0.3, -0.25) is 14.7 Å². The van der Waals surface area contributed by atoms with E-state index < -0.39 is 6.03 Å². The summed E-state index contributed by atoms with van der Waals surface area (Å²) in [6.45, 7) is 4.11. The topological polar surface area (TPSA) is 90.0 Å². The lowest BCUT2D eigenvalue weighted by Crippen LogP contribution is -2.35. The Morgan fingerprint density at radius 1 is 1.36 bits per heavy atom. The number of thioether (sulfide) groups is 1. The highest BCUT2D eigenvalue weighted by Gasteiger charge is 2.10. The fourth-order valence-electron chi connectivity index (χ4n) is 2.09. The zero-order valence-electron chi connectivity index (χ0n) is 12.5. The fourth-order valence-corrected chi connectivity index (χ4v) is 2.99. The molecule has 0 aliphatic carbocycles. The number of imidazole rings is 1. The molecule has 0 aliphatic rings. The molecule has 0 saturated heterocycles. The Morgan fingerprint density at radius 3 is 2.82 bits per heavy atom. The molecule has 2 aromatic rings. The Morgan fingerprint density at radius 2 is 2.14 bits per heavy atom. The van der Waals surface area contributed by atoms with Crippen LogP contribution in [0.25, 0.3) is 5.69 Å². The number of primary amides is 1. The minimum Gasteiger partial charge on any atom is -0.351 e. The van der Waals surface area contributed by atoms with E-state index in [2.05, 4.69) is 37.0 Å². The van der Waals surface area contributed by atoms with Gasteiger partial charge in [-0.15, -0.1) is 0 Å². The van der Waals surface area contributed by atoms with E-state index in [4.69, 9.17) is 5.73 Å². The molecule has 0 atom stereocenters. The van der Waals surface area contributed by atoms with Crippen LogP contribution in [0.3, 0.4) is 0 Å². The van der Waals surface area contributed by atoms with E-state index in [1.54, 1.807) is 6.20 Å². The van der Waals surface area contributed by atoms with Crippen LogP contribution in [0, 0.1) is 13.8 Å². The molecule has 1 aromatic carbocycles. The number of benzene rings is 1. The summed E-state index contributed by atoms with van der Waals surface area (Å²) in [5.41, 5.74) is 8.32. The van der Waals surface area contributed by atoms with Crippen molar-refractivity contribution in [3.8, 4) is 5.69 Å². The van der Waals surface area contributed by atoms with Gasteiger partial charge in [-0.1, -0.05) is 29.5 Å². The summed E-state index contributed by atoms with van der Waals surface area (Å²) < 4.78 is 1.99. The van der Waals surface area contributed by atoms with Crippen molar-refractivity contribution in [1.82, 2.24) is 14.9 Å². The largest absolute Gasteiger partial charge is 0.351 e. The molecular formula is C15H18N4O2S. The van der Waals surface area contributed by atoms with Crippen molar-refractivity contribution >= 4 is 23.7 Å². The van der Waals surface area contributed by atoms with Gasteiger partial charge in [0.2, 0.25) is 5.91 Å². The third-order valence-electron chi connectivity index (χ3n) is 3.04. The van der Waals surface area contributed by atoms with Gasteiger partial charge in [-0.05, 0) is 25.5 Å². The maximum Gasteiger partial charge on any atom is 0.318 e. The van der Waals surface area contributed by atoms with Crippen LogP contribution >= 0.6 is 11.8 Å². The number of hydrogen-bond donors (Lipinski definition) is 2. The molecule has 7 heteroatoms. The highest BCUT2D eigenvalue weighted by atomic mass is 32.2. The van der Waals surface area contributed by atoms with Crippen molar-refractivity contribution in [2.24, 2.45) is 5.73 Å². The highest BCUT2D eigenvalue weighted by molar-refractivity contribution is 7.99. The molecule has 0 saturated carbocycles. The number of carbonyl (C=O) groups is 2. The summed E-state index contributed by atoms with van der Waals surface area (Å²) >= 11 is 1.46. The van der Waals surface area contributed by atoms with Crippen molar-refractivity contribution in [2.75, 3.05) is 5.75 Å². The number of amides is 3. The van der Waals surface area contributed by atoms with Gasteiger partial charge in [0.15, 0.2) is 5.16 Å². The molecule has 3 amide bonds. The lowest BCUT2D eigenvalue weighted by molar-refractivity contribution is -0.119. The number of nitrogens with two attached hydrogens (primary N) is 1. The molecule has 3 N–H and O–H groups in total. The summed E-state index contributed by atoms with van der Waals surface area (Å²) in [5, 5.41) is 2.85. The van der Waals surface area contributed by atoms with Crippen LogP contribution in [-0.4, -0.2) is 27.2 Å². The second-order valence-electron chi connectivity index (χ2n) is 4.88. The number of rotatable bonds is 5. The molecule has 0 radical (unpaired) electrons.